The number of ether oxygens (including phenoxy) is 1. The van der Waals surface area contributed by atoms with Crippen molar-refractivity contribution < 1.29 is 17.7 Å². The molecule has 0 bridgehead atoms. The average molecular weight is 372 g/mol. The van der Waals surface area contributed by atoms with Crippen molar-refractivity contribution in [3.63, 3.8) is 0 Å². The van der Waals surface area contributed by atoms with E-state index in [0.29, 0.717) is 17.0 Å². The Hall–Kier alpha value is -2.80. The molecule has 7 heteroatoms. The number of aromatic nitrogens is 1. The summed E-state index contributed by atoms with van der Waals surface area (Å²) in [5, 5.41) is 3.84. The van der Waals surface area contributed by atoms with E-state index < -0.39 is 10.0 Å². The molecule has 0 spiro atoms. The molecule has 1 aromatic heterocycles. The highest BCUT2D eigenvalue weighted by molar-refractivity contribution is 7.92. The molecule has 0 saturated heterocycles. The van der Waals surface area contributed by atoms with Gasteiger partial charge in [-0.2, -0.15) is 0 Å². The molecule has 3 rings (SSSR count). The van der Waals surface area contributed by atoms with Crippen molar-refractivity contribution in [2.45, 2.75) is 25.2 Å². The summed E-state index contributed by atoms with van der Waals surface area (Å²) in [6, 6.07) is 13.9. The van der Waals surface area contributed by atoms with E-state index in [4.69, 9.17) is 9.26 Å². The summed E-state index contributed by atoms with van der Waals surface area (Å²) >= 11 is 0. The van der Waals surface area contributed by atoms with Crippen molar-refractivity contribution in [1.29, 1.82) is 0 Å². The summed E-state index contributed by atoms with van der Waals surface area (Å²) in [5.41, 5.74) is 2.87. The Morgan fingerprint density at radius 1 is 1.15 bits per heavy atom. The van der Waals surface area contributed by atoms with E-state index in [1.54, 1.807) is 31.2 Å². The van der Waals surface area contributed by atoms with Gasteiger partial charge in [-0.3, -0.25) is 4.72 Å². The van der Waals surface area contributed by atoms with Gasteiger partial charge in [0.25, 0.3) is 10.0 Å². The molecule has 26 heavy (non-hydrogen) atoms. The van der Waals surface area contributed by atoms with Crippen molar-refractivity contribution in [2.24, 2.45) is 0 Å². The number of anilines is 1. The van der Waals surface area contributed by atoms with E-state index in [9.17, 15) is 8.42 Å². The molecule has 0 saturated carbocycles. The van der Waals surface area contributed by atoms with Crippen LogP contribution in [0, 0.1) is 6.92 Å². The Kier molecular flexibility index (Phi) is 4.99. The zero-order valence-corrected chi connectivity index (χ0v) is 15.6. The predicted molar refractivity (Wildman–Crippen MR) is 99.9 cm³/mol. The maximum atomic E-state index is 12.9. The topological polar surface area (TPSA) is 81.4 Å². The first-order valence-corrected chi connectivity index (χ1v) is 9.64. The third-order valence-electron chi connectivity index (χ3n) is 3.95. The van der Waals surface area contributed by atoms with Crippen LogP contribution in [0.25, 0.3) is 11.3 Å². The Bertz CT molecular complexity index is 1030. The molecule has 0 radical (unpaired) electrons. The number of rotatable bonds is 6. The van der Waals surface area contributed by atoms with Gasteiger partial charge in [0, 0.05) is 17.3 Å². The summed E-state index contributed by atoms with van der Waals surface area (Å²) in [6.07, 6.45) is 0.819. The minimum atomic E-state index is -3.84. The van der Waals surface area contributed by atoms with E-state index in [2.05, 4.69) is 9.88 Å². The maximum absolute atomic E-state index is 12.9. The molecule has 2 aromatic carbocycles. The molecular weight excluding hydrogens is 352 g/mol. The molecule has 1 heterocycles. The van der Waals surface area contributed by atoms with Crippen molar-refractivity contribution in [1.82, 2.24) is 5.16 Å². The van der Waals surface area contributed by atoms with Crippen LogP contribution in [0.2, 0.25) is 0 Å². The standard InChI is InChI=1S/C19H20N2O4S/c1-4-14-6-5-7-16(11-14)21-26(22,23)19-12-15(8-9-17(19)24-3)18-10-13(2)20-25-18/h5-12,21H,4H2,1-3H3. The van der Waals surface area contributed by atoms with Crippen LogP contribution in [0.5, 0.6) is 5.75 Å². The number of methoxy groups -OCH3 is 1. The van der Waals surface area contributed by atoms with Crippen LogP contribution in [-0.2, 0) is 16.4 Å². The second kappa shape index (κ2) is 7.21. The van der Waals surface area contributed by atoms with Crippen LogP contribution >= 0.6 is 0 Å². The highest BCUT2D eigenvalue weighted by atomic mass is 32.2. The summed E-state index contributed by atoms with van der Waals surface area (Å²) in [4.78, 5) is 0.0356. The fourth-order valence-corrected chi connectivity index (χ4v) is 3.85. The molecule has 136 valence electrons. The van der Waals surface area contributed by atoms with Gasteiger partial charge in [-0.25, -0.2) is 8.42 Å². The fraction of sp³-hybridized carbons (Fsp3) is 0.211. The van der Waals surface area contributed by atoms with Gasteiger partial charge in [0.1, 0.15) is 10.6 Å². The zero-order valence-electron chi connectivity index (χ0n) is 14.8. The molecule has 0 atom stereocenters. The fourth-order valence-electron chi connectivity index (χ4n) is 2.60. The number of benzene rings is 2. The van der Waals surface area contributed by atoms with Crippen molar-refractivity contribution in [2.75, 3.05) is 11.8 Å². The average Bonchev–Trinajstić information content (AvgIpc) is 3.07. The quantitative estimate of drug-likeness (QED) is 0.707. The minimum Gasteiger partial charge on any atom is -0.495 e. The molecule has 0 aliphatic rings. The number of hydrogen-bond donors (Lipinski definition) is 1. The second-order valence-corrected chi connectivity index (χ2v) is 7.51. The Balaban J connectivity index is 2.02. The summed E-state index contributed by atoms with van der Waals surface area (Å²) in [7, 11) is -2.41. The number of nitrogens with one attached hydrogen (secondary N) is 1. The van der Waals surface area contributed by atoms with Gasteiger partial charge >= 0.3 is 0 Å². The van der Waals surface area contributed by atoms with Gasteiger partial charge in [0.05, 0.1) is 12.8 Å². The van der Waals surface area contributed by atoms with E-state index in [1.165, 1.54) is 13.2 Å². The SMILES string of the molecule is CCc1cccc(NS(=O)(=O)c2cc(-c3cc(C)no3)ccc2OC)c1. The summed E-state index contributed by atoms with van der Waals surface area (Å²) in [6.45, 7) is 3.82. The van der Waals surface area contributed by atoms with Gasteiger partial charge in [-0.1, -0.05) is 24.2 Å². The van der Waals surface area contributed by atoms with Crippen LogP contribution in [0.3, 0.4) is 0 Å². The van der Waals surface area contributed by atoms with Gasteiger partial charge in [0.15, 0.2) is 5.76 Å². The van der Waals surface area contributed by atoms with Crippen molar-refractivity contribution in [3.8, 4) is 17.1 Å². The predicted octanol–water partition coefficient (Wildman–Crippen LogP) is 4.02. The van der Waals surface area contributed by atoms with Crippen molar-refractivity contribution in [3.05, 3.63) is 59.8 Å². The molecule has 1 N–H and O–H groups in total. The molecule has 6 nitrogen and oxygen atoms in total. The lowest BCUT2D eigenvalue weighted by Crippen LogP contribution is -2.14. The highest BCUT2D eigenvalue weighted by Gasteiger charge is 2.21. The molecule has 0 unspecified atom stereocenters. The number of nitrogens with zero attached hydrogens (tertiary/aromatic N) is 1. The van der Waals surface area contributed by atoms with Crippen molar-refractivity contribution >= 4 is 15.7 Å². The summed E-state index contributed by atoms with van der Waals surface area (Å²) < 4.78 is 39.0. The van der Waals surface area contributed by atoms with Crippen LogP contribution < -0.4 is 9.46 Å². The molecule has 0 aliphatic heterocycles. The van der Waals surface area contributed by atoms with Crippen LogP contribution in [0.15, 0.2) is 57.9 Å². The lowest BCUT2D eigenvalue weighted by Gasteiger charge is -2.13. The van der Waals surface area contributed by atoms with Crippen LogP contribution in [0.4, 0.5) is 5.69 Å². The normalized spacial score (nSPS) is 11.3. The number of aryl methyl sites for hydroxylation is 2. The smallest absolute Gasteiger partial charge is 0.265 e. The number of hydrogen-bond acceptors (Lipinski definition) is 5. The van der Waals surface area contributed by atoms with E-state index in [-0.39, 0.29) is 10.6 Å². The lowest BCUT2D eigenvalue weighted by molar-refractivity contribution is 0.402. The van der Waals surface area contributed by atoms with Gasteiger partial charge in [0.2, 0.25) is 0 Å². The van der Waals surface area contributed by atoms with Gasteiger partial charge in [-0.15, -0.1) is 0 Å². The number of sulfonamides is 1. The highest BCUT2D eigenvalue weighted by Crippen LogP contribution is 2.31. The Morgan fingerprint density at radius 3 is 2.62 bits per heavy atom. The van der Waals surface area contributed by atoms with Gasteiger partial charge in [-0.05, 0) is 49.2 Å². The lowest BCUT2D eigenvalue weighted by atomic mass is 10.1. The first kappa shape index (κ1) is 18.0. The molecule has 0 amide bonds. The monoisotopic (exact) mass is 372 g/mol. The van der Waals surface area contributed by atoms with E-state index >= 15 is 0 Å². The molecule has 3 aromatic rings. The molecular formula is C19H20N2O4S. The third-order valence-corrected chi connectivity index (χ3v) is 5.36. The summed E-state index contributed by atoms with van der Waals surface area (Å²) in [5.74, 6) is 0.749. The first-order valence-electron chi connectivity index (χ1n) is 8.16. The maximum Gasteiger partial charge on any atom is 0.265 e. The molecule has 0 aliphatic carbocycles. The van der Waals surface area contributed by atoms with E-state index in [1.807, 2.05) is 25.1 Å². The van der Waals surface area contributed by atoms with Gasteiger partial charge < -0.3 is 9.26 Å². The Labute approximate surface area is 152 Å². The zero-order chi connectivity index (χ0) is 18.7. The third kappa shape index (κ3) is 3.72. The largest absolute Gasteiger partial charge is 0.495 e. The van der Waals surface area contributed by atoms with Crippen LogP contribution in [-0.4, -0.2) is 20.7 Å². The minimum absolute atomic E-state index is 0.0356. The molecule has 0 fully saturated rings. The van der Waals surface area contributed by atoms with Crippen LogP contribution in [0.1, 0.15) is 18.2 Å². The second-order valence-electron chi connectivity index (χ2n) is 5.86. The Morgan fingerprint density at radius 2 is 1.96 bits per heavy atom. The van der Waals surface area contributed by atoms with E-state index in [0.717, 1.165) is 17.7 Å². The first-order chi connectivity index (χ1) is 12.4.